The summed E-state index contributed by atoms with van der Waals surface area (Å²) in [5, 5.41) is 10.7. The molecular formula is C24H30FN3O2. The molecule has 30 heavy (non-hydrogen) atoms. The van der Waals surface area contributed by atoms with E-state index in [2.05, 4.69) is 9.97 Å². The Morgan fingerprint density at radius 1 is 1.13 bits per heavy atom. The van der Waals surface area contributed by atoms with E-state index in [1.54, 1.807) is 33.4 Å². The van der Waals surface area contributed by atoms with Crippen molar-refractivity contribution in [3.63, 3.8) is 0 Å². The van der Waals surface area contributed by atoms with Crippen LogP contribution in [0.4, 0.5) is 4.39 Å². The third kappa shape index (κ3) is 4.25. The van der Waals surface area contributed by atoms with E-state index >= 15 is 0 Å². The number of benzene rings is 2. The molecular weight excluding hydrogens is 381 g/mol. The monoisotopic (exact) mass is 411 g/mol. The number of aromatic amines is 1. The zero-order valence-electron chi connectivity index (χ0n) is 18.2. The van der Waals surface area contributed by atoms with Crippen molar-refractivity contribution < 1.29 is 14.2 Å². The number of halogens is 1. The van der Waals surface area contributed by atoms with Crippen LogP contribution in [0.15, 0.2) is 54.9 Å². The molecule has 0 fully saturated rings. The van der Waals surface area contributed by atoms with Gasteiger partial charge in [-0.2, -0.15) is 0 Å². The van der Waals surface area contributed by atoms with Crippen molar-refractivity contribution in [1.82, 2.24) is 14.9 Å². The number of imidazole rings is 1. The predicted molar refractivity (Wildman–Crippen MR) is 117 cm³/mol. The van der Waals surface area contributed by atoms with Crippen LogP contribution in [0, 0.1) is 0 Å². The van der Waals surface area contributed by atoms with Gasteiger partial charge in [0.15, 0.2) is 0 Å². The summed E-state index contributed by atoms with van der Waals surface area (Å²) in [7, 11) is 5.44. The minimum atomic E-state index is -1.34. The van der Waals surface area contributed by atoms with E-state index in [-0.39, 0.29) is 13.0 Å². The Balaban J connectivity index is 2.15. The second kappa shape index (κ2) is 8.58. The van der Waals surface area contributed by atoms with Gasteiger partial charge in [-0.15, -0.1) is 0 Å². The molecule has 0 amide bonds. The number of alkyl halides is 1. The standard InChI is InChI=1S/C24H30FN3O2/c1-23(2,25)15-17-6-11-21(30-5)20(14-17)24(16-29,28(3)4)19-9-7-18(8-10-19)22-26-12-13-27-22/h6-14,29H,15-16H2,1-5H3,(H,26,27). The van der Waals surface area contributed by atoms with E-state index in [4.69, 9.17) is 4.74 Å². The highest BCUT2D eigenvalue weighted by atomic mass is 19.1. The van der Waals surface area contributed by atoms with Crippen LogP contribution >= 0.6 is 0 Å². The lowest BCUT2D eigenvalue weighted by Crippen LogP contribution is -2.46. The van der Waals surface area contributed by atoms with E-state index in [0.29, 0.717) is 5.75 Å². The largest absolute Gasteiger partial charge is 0.496 e. The molecule has 3 aromatic rings. The van der Waals surface area contributed by atoms with E-state index < -0.39 is 11.2 Å². The lowest BCUT2D eigenvalue weighted by atomic mass is 9.80. The molecule has 0 saturated carbocycles. The molecule has 0 aliphatic carbocycles. The van der Waals surface area contributed by atoms with Crippen LogP contribution in [-0.4, -0.2) is 53.5 Å². The minimum absolute atomic E-state index is 0.168. The van der Waals surface area contributed by atoms with Crippen LogP contribution in [0.25, 0.3) is 11.4 Å². The first kappa shape index (κ1) is 22.0. The summed E-state index contributed by atoms with van der Waals surface area (Å²) < 4.78 is 20.0. The van der Waals surface area contributed by atoms with Crippen molar-refractivity contribution in [2.45, 2.75) is 31.5 Å². The van der Waals surface area contributed by atoms with Gasteiger partial charge in [-0.05, 0) is 51.2 Å². The third-order valence-electron chi connectivity index (χ3n) is 5.46. The quantitative estimate of drug-likeness (QED) is 0.584. The van der Waals surface area contributed by atoms with Crippen molar-refractivity contribution in [3.8, 4) is 17.1 Å². The molecule has 2 aromatic carbocycles. The molecule has 1 heterocycles. The highest BCUT2D eigenvalue weighted by Crippen LogP contribution is 2.40. The van der Waals surface area contributed by atoms with Crippen LogP contribution in [0.5, 0.6) is 5.75 Å². The Kier molecular flexibility index (Phi) is 6.29. The number of rotatable bonds is 8. The molecule has 0 bridgehead atoms. The van der Waals surface area contributed by atoms with Crippen molar-refractivity contribution in [1.29, 1.82) is 0 Å². The molecule has 3 rings (SSSR count). The number of nitrogens with one attached hydrogen (secondary N) is 1. The molecule has 1 atom stereocenters. The Hall–Kier alpha value is -2.70. The van der Waals surface area contributed by atoms with Crippen LogP contribution < -0.4 is 4.74 Å². The summed E-state index contributed by atoms with van der Waals surface area (Å²) in [5.41, 5.74) is 1.31. The molecule has 6 heteroatoms. The normalized spacial score (nSPS) is 14.0. The number of methoxy groups -OCH3 is 1. The van der Waals surface area contributed by atoms with E-state index in [9.17, 15) is 9.50 Å². The smallest absolute Gasteiger partial charge is 0.137 e. The van der Waals surface area contributed by atoms with E-state index in [1.807, 2.05) is 61.5 Å². The second-order valence-corrected chi connectivity index (χ2v) is 8.36. The number of hydrogen-bond acceptors (Lipinski definition) is 4. The Morgan fingerprint density at radius 3 is 2.33 bits per heavy atom. The number of aliphatic hydroxyl groups is 1. The van der Waals surface area contributed by atoms with Crippen molar-refractivity contribution in [2.24, 2.45) is 0 Å². The molecule has 1 aromatic heterocycles. The van der Waals surface area contributed by atoms with Gasteiger partial charge in [0, 0.05) is 29.9 Å². The van der Waals surface area contributed by atoms with Gasteiger partial charge in [0.2, 0.25) is 0 Å². The summed E-state index contributed by atoms with van der Waals surface area (Å²) >= 11 is 0. The fourth-order valence-electron chi connectivity index (χ4n) is 3.97. The first-order chi connectivity index (χ1) is 14.2. The predicted octanol–water partition coefficient (Wildman–Crippen LogP) is 4.17. The molecule has 1 unspecified atom stereocenters. The lowest BCUT2D eigenvalue weighted by molar-refractivity contribution is 0.0984. The minimum Gasteiger partial charge on any atom is -0.496 e. The van der Waals surface area contributed by atoms with Gasteiger partial charge in [0.1, 0.15) is 17.2 Å². The van der Waals surface area contributed by atoms with E-state index in [1.165, 1.54) is 0 Å². The SMILES string of the molecule is COc1ccc(CC(C)(C)F)cc1C(CO)(c1ccc(-c2ncc[nH]2)cc1)N(C)C. The van der Waals surface area contributed by atoms with Crippen LogP contribution in [0.2, 0.25) is 0 Å². The zero-order chi connectivity index (χ0) is 21.9. The first-order valence-electron chi connectivity index (χ1n) is 9.96. The number of likely N-dealkylation sites (N-methyl/N-ethyl adjacent to an activating group) is 1. The molecule has 2 N–H and O–H groups in total. The molecule has 0 aliphatic heterocycles. The van der Waals surface area contributed by atoms with Crippen molar-refractivity contribution in [2.75, 3.05) is 27.8 Å². The lowest BCUT2D eigenvalue weighted by Gasteiger charge is -2.40. The summed E-state index contributed by atoms with van der Waals surface area (Å²) in [6.45, 7) is 2.96. The first-order valence-corrected chi connectivity index (χ1v) is 9.96. The molecule has 0 radical (unpaired) electrons. The summed E-state index contributed by atoms with van der Waals surface area (Å²) in [6.07, 6.45) is 3.77. The molecule has 0 saturated heterocycles. The zero-order valence-corrected chi connectivity index (χ0v) is 18.2. The fraction of sp³-hybridized carbons (Fsp3) is 0.375. The molecule has 0 aliphatic rings. The maximum Gasteiger partial charge on any atom is 0.137 e. The maximum absolute atomic E-state index is 14.3. The Labute approximate surface area is 177 Å². The van der Waals surface area contributed by atoms with E-state index in [0.717, 1.165) is 28.1 Å². The number of nitrogens with zero attached hydrogens (tertiary/aromatic N) is 2. The number of aromatic nitrogens is 2. The molecule has 0 spiro atoms. The highest BCUT2D eigenvalue weighted by Gasteiger charge is 2.39. The van der Waals surface area contributed by atoms with Gasteiger partial charge in [-0.1, -0.05) is 30.3 Å². The number of H-pyrrole nitrogens is 1. The van der Waals surface area contributed by atoms with Gasteiger partial charge in [0.25, 0.3) is 0 Å². The summed E-state index contributed by atoms with van der Waals surface area (Å²) in [4.78, 5) is 9.36. The van der Waals surface area contributed by atoms with Gasteiger partial charge in [0.05, 0.1) is 19.3 Å². The maximum atomic E-state index is 14.3. The van der Waals surface area contributed by atoms with Crippen molar-refractivity contribution >= 4 is 0 Å². The highest BCUT2D eigenvalue weighted by molar-refractivity contribution is 5.57. The summed E-state index contributed by atoms with van der Waals surface area (Å²) in [6, 6.07) is 13.6. The van der Waals surface area contributed by atoms with Gasteiger partial charge < -0.3 is 14.8 Å². The summed E-state index contributed by atoms with van der Waals surface area (Å²) in [5.74, 6) is 1.43. The third-order valence-corrected chi connectivity index (χ3v) is 5.46. The van der Waals surface area contributed by atoms with Crippen LogP contribution in [0.1, 0.15) is 30.5 Å². The van der Waals surface area contributed by atoms with Gasteiger partial charge >= 0.3 is 0 Å². The molecule has 5 nitrogen and oxygen atoms in total. The van der Waals surface area contributed by atoms with Crippen LogP contribution in [-0.2, 0) is 12.0 Å². The number of aliphatic hydroxyl groups excluding tert-OH is 1. The average Bonchev–Trinajstić information content (AvgIpc) is 3.23. The Morgan fingerprint density at radius 2 is 1.83 bits per heavy atom. The van der Waals surface area contributed by atoms with Crippen LogP contribution in [0.3, 0.4) is 0 Å². The average molecular weight is 412 g/mol. The van der Waals surface area contributed by atoms with Crippen molar-refractivity contribution in [3.05, 3.63) is 71.5 Å². The fourth-order valence-corrected chi connectivity index (χ4v) is 3.97. The molecule has 160 valence electrons. The second-order valence-electron chi connectivity index (χ2n) is 8.36. The van der Waals surface area contributed by atoms with Gasteiger partial charge in [-0.3, -0.25) is 4.90 Å². The van der Waals surface area contributed by atoms with Gasteiger partial charge in [-0.25, -0.2) is 9.37 Å². The Bertz CT molecular complexity index is 963. The topological polar surface area (TPSA) is 61.4 Å². The number of hydrogen-bond donors (Lipinski definition) is 2. The number of ether oxygens (including phenoxy) is 1.